The summed E-state index contributed by atoms with van der Waals surface area (Å²) in [6.07, 6.45) is 3.03. The molecule has 0 heterocycles. The van der Waals surface area contributed by atoms with Gasteiger partial charge in [0.2, 0.25) is 0 Å². The molecule has 1 saturated carbocycles. The molecule has 0 saturated heterocycles. The molecule has 3 heteroatoms. The van der Waals surface area contributed by atoms with Crippen LogP contribution >= 0.6 is 0 Å². The second-order valence-corrected chi connectivity index (χ2v) is 5.26. The zero-order chi connectivity index (χ0) is 11.6. The number of carboxylic acids is 1. The van der Waals surface area contributed by atoms with Crippen LogP contribution in [0.25, 0.3) is 0 Å². The fourth-order valence-electron chi connectivity index (χ4n) is 2.60. The summed E-state index contributed by atoms with van der Waals surface area (Å²) in [5, 5.41) is 19.0. The molecule has 0 radical (unpaired) electrons. The predicted molar refractivity (Wildman–Crippen MR) is 58.5 cm³/mol. The predicted octanol–water partition coefficient (Wildman–Crippen LogP) is 2.28. The molecule has 1 aliphatic carbocycles. The van der Waals surface area contributed by atoms with Crippen molar-refractivity contribution >= 4 is 5.97 Å². The lowest BCUT2D eigenvalue weighted by molar-refractivity contribution is -0.157. The maximum Gasteiger partial charge on any atom is 0.309 e. The highest BCUT2D eigenvalue weighted by molar-refractivity contribution is 5.75. The summed E-state index contributed by atoms with van der Waals surface area (Å²) in [4.78, 5) is 11.4. The Morgan fingerprint density at radius 3 is 2.40 bits per heavy atom. The van der Waals surface area contributed by atoms with Gasteiger partial charge in [-0.25, -0.2) is 0 Å². The van der Waals surface area contributed by atoms with E-state index in [1.54, 1.807) is 0 Å². The first kappa shape index (κ1) is 12.5. The third-order valence-corrected chi connectivity index (χ3v) is 4.15. The van der Waals surface area contributed by atoms with Gasteiger partial charge in [0, 0.05) is 0 Å². The molecular weight excluding hydrogens is 192 g/mol. The molecule has 3 nitrogen and oxygen atoms in total. The monoisotopic (exact) mass is 214 g/mol. The fourth-order valence-corrected chi connectivity index (χ4v) is 2.60. The zero-order valence-corrected chi connectivity index (χ0v) is 9.86. The van der Waals surface area contributed by atoms with Gasteiger partial charge in [-0.15, -0.1) is 0 Å². The van der Waals surface area contributed by atoms with Gasteiger partial charge in [-0.3, -0.25) is 4.79 Å². The summed E-state index contributed by atoms with van der Waals surface area (Å²) < 4.78 is 0. The number of rotatable bonds is 3. The number of carboxylic acid groups (broad SMARTS) is 1. The standard InChI is InChI=1S/C12H22O3/c1-8(2)12(3,11(14)15)9-5-4-6-10(13)7-9/h8-10,13H,4-7H2,1-3H3,(H,14,15)/t9-,10+,12?/m0/s1. The lowest BCUT2D eigenvalue weighted by Crippen LogP contribution is -2.43. The average Bonchev–Trinajstić information content (AvgIpc) is 2.15. The van der Waals surface area contributed by atoms with Crippen molar-refractivity contribution in [3.05, 3.63) is 0 Å². The van der Waals surface area contributed by atoms with Crippen molar-refractivity contribution in [2.75, 3.05) is 0 Å². The summed E-state index contributed by atoms with van der Waals surface area (Å²) in [7, 11) is 0. The van der Waals surface area contributed by atoms with Gasteiger partial charge in [-0.2, -0.15) is 0 Å². The molecule has 88 valence electrons. The first-order valence-corrected chi connectivity index (χ1v) is 5.80. The van der Waals surface area contributed by atoms with Crippen LogP contribution in [0.2, 0.25) is 0 Å². The Hall–Kier alpha value is -0.570. The molecule has 0 aliphatic heterocycles. The molecule has 1 fully saturated rings. The molecule has 0 aromatic rings. The Morgan fingerprint density at radius 2 is 2.00 bits per heavy atom. The van der Waals surface area contributed by atoms with Crippen LogP contribution in [0.15, 0.2) is 0 Å². The maximum absolute atomic E-state index is 11.4. The van der Waals surface area contributed by atoms with Crippen molar-refractivity contribution in [3.8, 4) is 0 Å². The van der Waals surface area contributed by atoms with Crippen LogP contribution in [0.1, 0.15) is 46.5 Å². The SMILES string of the molecule is CC(C)C(C)(C(=O)O)[C@H]1CCC[C@@H](O)C1. The van der Waals surface area contributed by atoms with Gasteiger partial charge in [0.05, 0.1) is 11.5 Å². The van der Waals surface area contributed by atoms with Crippen molar-refractivity contribution < 1.29 is 15.0 Å². The number of carbonyl (C=O) groups is 1. The lowest BCUT2D eigenvalue weighted by Gasteiger charge is -2.40. The average molecular weight is 214 g/mol. The summed E-state index contributed by atoms with van der Waals surface area (Å²) in [6, 6.07) is 0. The molecule has 0 bridgehead atoms. The van der Waals surface area contributed by atoms with Crippen molar-refractivity contribution in [1.82, 2.24) is 0 Å². The minimum Gasteiger partial charge on any atom is -0.481 e. The minimum absolute atomic E-state index is 0.102. The molecule has 1 unspecified atom stereocenters. The topological polar surface area (TPSA) is 57.5 Å². The van der Waals surface area contributed by atoms with E-state index >= 15 is 0 Å². The van der Waals surface area contributed by atoms with Crippen LogP contribution < -0.4 is 0 Å². The summed E-state index contributed by atoms with van der Waals surface area (Å²) >= 11 is 0. The molecule has 0 spiro atoms. The Kier molecular flexibility index (Phi) is 3.77. The Bertz CT molecular complexity index is 237. The third kappa shape index (κ3) is 2.33. The van der Waals surface area contributed by atoms with E-state index in [2.05, 4.69) is 0 Å². The molecule has 2 N–H and O–H groups in total. The highest BCUT2D eigenvalue weighted by atomic mass is 16.4. The zero-order valence-electron chi connectivity index (χ0n) is 9.86. The summed E-state index contributed by atoms with van der Waals surface area (Å²) in [5.41, 5.74) is -0.693. The van der Waals surface area contributed by atoms with E-state index < -0.39 is 11.4 Å². The third-order valence-electron chi connectivity index (χ3n) is 4.15. The van der Waals surface area contributed by atoms with E-state index in [0.29, 0.717) is 6.42 Å². The molecule has 0 aromatic heterocycles. The van der Waals surface area contributed by atoms with Crippen LogP contribution in [0.3, 0.4) is 0 Å². The smallest absolute Gasteiger partial charge is 0.309 e. The molecule has 3 atom stereocenters. The number of hydrogen-bond donors (Lipinski definition) is 2. The Morgan fingerprint density at radius 1 is 1.40 bits per heavy atom. The van der Waals surface area contributed by atoms with Gasteiger partial charge >= 0.3 is 5.97 Å². The van der Waals surface area contributed by atoms with Gasteiger partial charge in [-0.05, 0) is 38.0 Å². The van der Waals surface area contributed by atoms with Crippen molar-refractivity contribution in [1.29, 1.82) is 0 Å². The fraction of sp³-hybridized carbons (Fsp3) is 0.917. The number of hydrogen-bond acceptors (Lipinski definition) is 2. The van der Waals surface area contributed by atoms with Gasteiger partial charge in [-0.1, -0.05) is 20.3 Å². The first-order chi connectivity index (χ1) is 6.89. The van der Waals surface area contributed by atoms with Crippen LogP contribution in [0.4, 0.5) is 0 Å². The van der Waals surface area contributed by atoms with E-state index in [1.165, 1.54) is 0 Å². The molecule has 0 aromatic carbocycles. The van der Waals surface area contributed by atoms with Crippen molar-refractivity contribution in [3.63, 3.8) is 0 Å². The molecule has 15 heavy (non-hydrogen) atoms. The normalized spacial score (nSPS) is 31.3. The van der Waals surface area contributed by atoms with Crippen LogP contribution in [0, 0.1) is 17.3 Å². The number of aliphatic hydroxyl groups excluding tert-OH is 1. The minimum atomic E-state index is -0.725. The Labute approximate surface area is 91.5 Å². The largest absolute Gasteiger partial charge is 0.481 e. The van der Waals surface area contributed by atoms with E-state index in [-0.39, 0.29) is 17.9 Å². The van der Waals surface area contributed by atoms with Crippen molar-refractivity contribution in [2.24, 2.45) is 17.3 Å². The molecule has 0 amide bonds. The van der Waals surface area contributed by atoms with Gasteiger partial charge in [0.1, 0.15) is 0 Å². The number of aliphatic carboxylic acids is 1. The highest BCUT2D eigenvalue weighted by Crippen LogP contribution is 2.43. The maximum atomic E-state index is 11.4. The van der Waals surface area contributed by atoms with Crippen LogP contribution in [-0.2, 0) is 4.79 Å². The first-order valence-electron chi connectivity index (χ1n) is 5.80. The van der Waals surface area contributed by atoms with Gasteiger partial charge in [0.25, 0.3) is 0 Å². The quantitative estimate of drug-likeness (QED) is 0.757. The second kappa shape index (κ2) is 4.52. The number of aliphatic hydroxyl groups is 1. The van der Waals surface area contributed by atoms with E-state index in [0.717, 1.165) is 19.3 Å². The molecular formula is C12H22O3. The van der Waals surface area contributed by atoms with Gasteiger partial charge < -0.3 is 10.2 Å². The Balaban J connectivity index is 2.84. The van der Waals surface area contributed by atoms with E-state index in [9.17, 15) is 15.0 Å². The van der Waals surface area contributed by atoms with E-state index in [4.69, 9.17) is 0 Å². The lowest BCUT2D eigenvalue weighted by atomic mass is 9.64. The second-order valence-electron chi connectivity index (χ2n) is 5.26. The van der Waals surface area contributed by atoms with Gasteiger partial charge in [0.15, 0.2) is 0 Å². The van der Waals surface area contributed by atoms with E-state index in [1.807, 2.05) is 20.8 Å². The molecule has 1 rings (SSSR count). The van der Waals surface area contributed by atoms with Crippen LogP contribution in [-0.4, -0.2) is 22.3 Å². The van der Waals surface area contributed by atoms with Crippen LogP contribution in [0.5, 0.6) is 0 Å². The molecule has 1 aliphatic rings. The summed E-state index contributed by atoms with van der Waals surface area (Å²) in [5.74, 6) is -0.513. The summed E-state index contributed by atoms with van der Waals surface area (Å²) in [6.45, 7) is 5.73. The van der Waals surface area contributed by atoms with Crippen molar-refractivity contribution in [2.45, 2.75) is 52.6 Å². The highest BCUT2D eigenvalue weighted by Gasteiger charge is 2.45.